The van der Waals surface area contributed by atoms with Crippen molar-refractivity contribution in [2.45, 2.75) is 17.6 Å². The van der Waals surface area contributed by atoms with Crippen LogP contribution in [0.2, 0.25) is 0 Å². The van der Waals surface area contributed by atoms with Crippen LogP contribution >= 0.6 is 11.8 Å². The van der Waals surface area contributed by atoms with Crippen LogP contribution in [0.1, 0.15) is 22.7 Å². The van der Waals surface area contributed by atoms with Crippen molar-refractivity contribution < 1.29 is 29.0 Å². The molecule has 3 N–H and O–H groups in total. The lowest BCUT2D eigenvalue weighted by Gasteiger charge is -2.32. The number of carbonyl (C=O) groups is 3. The molecule has 3 rings (SSSR count). The summed E-state index contributed by atoms with van der Waals surface area (Å²) in [5.41, 5.74) is 6.82. The molecule has 1 heterocycles. The summed E-state index contributed by atoms with van der Waals surface area (Å²) in [4.78, 5) is 36.4. The third kappa shape index (κ3) is 4.52. The van der Waals surface area contributed by atoms with Crippen molar-refractivity contribution >= 4 is 29.7 Å². The van der Waals surface area contributed by atoms with E-state index in [1.54, 1.807) is 60.7 Å². The van der Waals surface area contributed by atoms with Crippen molar-refractivity contribution in [1.82, 2.24) is 0 Å². The van der Waals surface area contributed by atoms with Crippen molar-refractivity contribution in [2.75, 3.05) is 5.75 Å². The fourth-order valence-corrected chi connectivity index (χ4v) is 4.10. The van der Waals surface area contributed by atoms with E-state index in [2.05, 4.69) is 0 Å². The predicted octanol–water partition coefficient (Wildman–Crippen LogP) is 2.29. The van der Waals surface area contributed by atoms with Gasteiger partial charge in [0.25, 0.3) is 6.29 Å². The van der Waals surface area contributed by atoms with Crippen LogP contribution < -0.4 is 5.73 Å². The Morgan fingerprint density at radius 3 is 2.07 bits per heavy atom. The molecule has 0 aromatic heterocycles. The van der Waals surface area contributed by atoms with Gasteiger partial charge in [0.1, 0.15) is 6.04 Å². The zero-order valence-corrected chi connectivity index (χ0v) is 15.6. The number of benzene rings is 2. The average molecular weight is 401 g/mol. The minimum Gasteiger partial charge on any atom is -0.480 e. The fraction of sp³-hybridized carbons (Fsp3) is 0.250. The van der Waals surface area contributed by atoms with Crippen LogP contribution in [0, 0.1) is 5.92 Å². The van der Waals surface area contributed by atoms with Crippen LogP contribution in [0.4, 0.5) is 0 Å². The summed E-state index contributed by atoms with van der Waals surface area (Å²) < 4.78 is 10.7. The van der Waals surface area contributed by atoms with Gasteiger partial charge in [0.15, 0.2) is 5.92 Å². The SMILES string of the molecule is N[C@@H](CSC(c1ccccc1)C1C(=O)OC(c2ccccc2)OC1=O)C(=O)O. The molecule has 0 aliphatic carbocycles. The highest BCUT2D eigenvalue weighted by Crippen LogP contribution is 2.41. The minimum atomic E-state index is -1.21. The maximum Gasteiger partial charge on any atom is 0.325 e. The minimum absolute atomic E-state index is 0.0219. The summed E-state index contributed by atoms with van der Waals surface area (Å²) in [6.07, 6.45) is -1.10. The van der Waals surface area contributed by atoms with Crippen LogP contribution in [0.5, 0.6) is 0 Å². The second-order valence-corrected chi connectivity index (χ2v) is 7.38. The zero-order valence-electron chi connectivity index (χ0n) is 14.8. The molecule has 7 nitrogen and oxygen atoms in total. The Morgan fingerprint density at radius 2 is 1.54 bits per heavy atom. The molecule has 1 saturated heterocycles. The Kier molecular flexibility index (Phi) is 6.33. The topological polar surface area (TPSA) is 116 Å². The number of carbonyl (C=O) groups excluding carboxylic acids is 2. The molecule has 8 heteroatoms. The van der Waals surface area contributed by atoms with Crippen molar-refractivity contribution in [1.29, 1.82) is 0 Å². The van der Waals surface area contributed by atoms with Crippen LogP contribution in [-0.2, 0) is 23.9 Å². The highest BCUT2D eigenvalue weighted by Gasteiger charge is 2.45. The van der Waals surface area contributed by atoms with E-state index in [0.717, 1.165) is 11.8 Å². The molecule has 0 spiro atoms. The van der Waals surface area contributed by atoms with Gasteiger partial charge in [-0.2, -0.15) is 11.8 Å². The number of carboxylic acid groups (broad SMARTS) is 1. The Bertz CT molecular complexity index is 826. The van der Waals surface area contributed by atoms with Gasteiger partial charge in [-0.05, 0) is 5.56 Å². The molecule has 146 valence electrons. The molecule has 2 aromatic rings. The van der Waals surface area contributed by atoms with Crippen LogP contribution in [0.3, 0.4) is 0 Å². The molecule has 28 heavy (non-hydrogen) atoms. The molecule has 0 radical (unpaired) electrons. The lowest BCUT2D eigenvalue weighted by Crippen LogP contribution is -2.40. The van der Waals surface area contributed by atoms with Gasteiger partial charge >= 0.3 is 17.9 Å². The van der Waals surface area contributed by atoms with Gasteiger partial charge < -0.3 is 20.3 Å². The number of ether oxygens (including phenoxy) is 2. The van der Waals surface area contributed by atoms with Crippen molar-refractivity contribution in [3.05, 3.63) is 71.8 Å². The number of nitrogens with two attached hydrogens (primary N) is 1. The number of rotatable bonds is 7. The third-order valence-electron chi connectivity index (χ3n) is 4.23. The Labute approximate surface area is 165 Å². The number of esters is 2. The number of hydrogen-bond acceptors (Lipinski definition) is 7. The second kappa shape index (κ2) is 8.90. The molecule has 1 aliphatic heterocycles. The maximum atomic E-state index is 12.7. The van der Waals surface area contributed by atoms with Crippen LogP contribution in [0.15, 0.2) is 60.7 Å². The van der Waals surface area contributed by atoms with E-state index in [-0.39, 0.29) is 5.75 Å². The van der Waals surface area contributed by atoms with Gasteiger partial charge in [-0.3, -0.25) is 14.4 Å². The Morgan fingerprint density at radius 1 is 1.00 bits per heavy atom. The second-order valence-electron chi connectivity index (χ2n) is 6.20. The molecular formula is C20H19NO6S. The van der Waals surface area contributed by atoms with E-state index in [9.17, 15) is 14.4 Å². The van der Waals surface area contributed by atoms with Crippen LogP contribution in [0.25, 0.3) is 0 Å². The quantitative estimate of drug-likeness (QED) is 0.536. The number of carboxylic acids is 1. The van der Waals surface area contributed by atoms with E-state index >= 15 is 0 Å². The fourth-order valence-electron chi connectivity index (χ4n) is 2.78. The van der Waals surface area contributed by atoms with Crippen molar-refractivity contribution in [2.24, 2.45) is 11.7 Å². The van der Waals surface area contributed by atoms with Crippen molar-refractivity contribution in [3.8, 4) is 0 Å². The smallest absolute Gasteiger partial charge is 0.325 e. The van der Waals surface area contributed by atoms with E-state index in [4.69, 9.17) is 20.3 Å². The first-order chi connectivity index (χ1) is 13.5. The molecular weight excluding hydrogens is 382 g/mol. The van der Waals surface area contributed by atoms with Gasteiger partial charge in [-0.1, -0.05) is 60.7 Å². The first-order valence-corrected chi connectivity index (χ1v) is 9.63. The molecule has 1 unspecified atom stereocenters. The Balaban J connectivity index is 1.82. The van der Waals surface area contributed by atoms with Gasteiger partial charge in [0.05, 0.1) is 5.25 Å². The molecule has 1 fully saturated rings. The molecule has 0 amide bonds. The Hall–Kier alpha value is -2.84. The van der Waals surface area contributed by atoms with E-state index in [1.807, 2.05) is 0 Å². The number of thioether (sulfide) groups is 1. The summed E-state index contributed by atoms with van der Waals surface area (Å²) in [6, 6.07) is 16.4. The lowest BCUT2D eigenvalue weighted by atomic mass is 9.98. The number of hydrogen-bond donors (Lipinski definition) is 2. The number of cyclic esters (lactones) is 2. The summed E-state index contributed by atoms with van der Waals surface area (Å²) in [7, 11) is 0. The van der Waals surface area contributed by atoms with Gasteiger partial charge in [0, 0.05) is 11.3 Å². The first-order valence-electron chi connectivity index (χ1n) is 8.58. The number of aliphatic carboxylic acids is 1. The highest BCUT2D eigenvalue weighted by atomic mass is 32.2. The van der Waals surface area contributed by atoms with E-state index in [1.165, 1.54) is 0 Å². The van der Waals surface area contributed by atoms with Gasteiger partial charge in [0.2, 0.25) is 0 Å². The van der Waals surface area contributed by atoms with Gasteiger partial charge in [-0.15, -0.1) is 0 Å². The monoisotopic (exact) mass is 401 g/mol. The molecule has 0 bridgehead atoms. The van der Waals surface area contributed by atoms with Crippen LogP contribution in [-0.4, -0.2) is 34.8 Å². The van der Waals surface area contributed by atoms with Gasteiger partial charge in [-0.25, -0.2) is 0 Å². The third-order valence-corrected chi connectivity index (χ3v) is 5.68. The van der Waals surface area contributed by atoms with E-state index < -0.39 is 41.4 Å². The maximum absolute atomic E-state index is 12.7. The predicted molar refractivity (Wildman–Crippen MR) is 102 cm³/mol. The molecule has 2 atom stereocenters. The normalized spacial score (nSPS) is 21.3. The summed E-state index contributed by atoms with van der Waals surface area (Å²) in [6.45, 7) is 0. The highest BCUT2D eigenvalue weighted by molar-refractivity contribution is 7.99. The largest absolute Gasteiger partial charge is 0.480 e. The lowest BCUT2D eigenvalue weighted by molar-refractivity contribution is -0.214. The standard InChI is InChI=1S/C20H19NO6S/c21-14(17(22)23)11-28-16(12-7-3-1-4-8-12)15-18(24)26-20(27-19(15)25)13-9-5-2-6-10-13/h1-10,14-16,20H,11,21H2,(H,22,23)/t14-,15?,16?,20?/m0/s1. The zero-order chi connectivity index (χ0) is 20.1. The summed E-state index contributed by atoms with van der Waals surface area (Å²) >= 11 is 1.11. The first kappa shape index (κ1) is 19.9. The summed E-state index contributed by atoms with van der Waals surface area (Å²) in [5.74, 6) is -3.77. The molecule has 1 aliphatic rings. The van der Waals surface area contributed by atoms with Crippen molar-refractivity contribution in [3.63, 3.8) is 0 Å². The molecule has 0 saturated carbocycles. The van der Waals surface area contributed by atoms with E-state index in [0.29, 0.717) is 11.1 Å². The molecule has 2 aromatic carbocycles. The average Bonchev–Trinajstić information content (AvgIpc) is 2.70. The summed E-state index contributed by atoms with van der Waals surface area (Å²) in [5, 5.41) is 8.34.